The van der Waals surface area contributed by atoms with Gasteiger partial charge in [-0.1, -0.05) is 0 Å². The molecule has 0 spiro atoms. The summed E-state index contributed by atoms with van der Waals surface area (Å²) in [7, 11) is 0. The molecule has 1 aromatic carbocycles. The molecule has 70 valence electrons. The molecule has 1 N–H and O–H groups in total. The van der Waals surface area contributed by atoms with Crippen molar-refractivity contribution < 1.29 is 0 Å². The Kier molecular flexibility index (Phi) is 1.86. The normalized spacial score (nSPS) is 10.3. The van der Waals surface area contributed by atoms with Crippen LogP contribution in [0.2, 0.25) is 0 Å². The number of rotatable bonds is 1. The maximum Gasteiger partial charge on any atom is 0.326 e. The highest BCUT2D eigenvalue weighted by molar-refractivity contribution is 5.76. The summed E-state index contributed by atoms with van der Waals surface area (Å²) in [4.78, 5) is 14.1. The predicted molar refractivity (Wildman–Crippen MR) is 52.9 cm³/mol. The van der Waals surface area contributed by atoms with Crippen molar-refractivity contribution in [1.29, 1.82) is 5.26 Å². The highest BCUT2D eigenvalue weighted by atomic mass is 16.1. The first-order chi connectivity index (χ1) is 6.76. The summed E-state index contributed by atoms with van der Waals surface area (Å²) in [6, 6.07) is 7.22. The zero-order valence-electron chi connectivity index (χ0n) is 7.74. The molecular formula is C10H9N3O. The second-order valence-electron chi connectivity index (χ2n) is 3.02. The van der Waals surface area contributed by atoms with Crippen LogP contribution in [0.25, 0.3) is 11.0 Å². The molecule has 4 nitrogen and oxygen atoms in total. The minimum atomic E-state index is -0.127. The summed E-state index contributed by atoms with van der Waals surface area (Å²) in [6.07, 6.45) is 0. The molecule has 14 heavy (non-hydrogen) atoms. The van der Waals surface area contributed by atoms with Crippen molar-refractivity contribution in [2.45, 2.75) is 13.5 Å². The van der Waals surface area contributed by atoms with Gasteiger partial charge in [-0.25, -0.2) is 4.79 Å². The predicted octanol–water partition coefficient (Wildman–Crippen LogP) is 1.22. The Morgan fingerprint density at radius 3 is 3.00 bits per heavy atom. The lowest BCUT2D eigenvalue weighted by atomic mass is 10.2. The summed E-state index contributed by atoms with van der Waals surface area (Å²) in [5, 5.41) is 8.68. The van der Waals surface area contributed by atoms with Gasteiger partial charge >= 0.3 is 5.69 Å². The Morgan fingerprint density at radius 1 is 1.57 bits per heavy atom. The van der Waals surface area contributed by atoms with E-state index in [9.17, 15) is 4.79 Å². The van der Waals surface area contributed by atoms with Crippen LogP contribution >= 0.6 is 0 Å². The molecule has 1 aromatic heterocycles. The van der Waals surface area contributed by atoms with E-state index in [1.54, 1.807) is 22.8 Å². The number of aromatic amines is 1. The van der Waals surface area contributed by atoms with E-state index in [1.807, 2.05) is 13.0 Å². The number of hydrogen-bond donors (Lipinski definition) is 1. The van der Waals surface area contributed by atoms with E-state index in [2.05, 4.69) is 4.98 Å². The number of aromatic nitrogens is 2. The molecule has 1 heterocycles. The van der Waals surface area contributed by atoms with Crippen molar-refractivity contribution in [2.24, 2.45) is 0 Å². The molecule has 0 aliphatic carbocycles. The fourth-order valence-electron chi connectivity index (χ4n) is 1.55. The number of H-pyrrole nitrogens is 1. The quantitative estimate of drug-likeness (QED) is 0.729. The average Bonchev–Trinajstić information content (AvgIpc) is 2.51. The van der Waals surface area contributed by atoms with E-state index < -0.39 is 0 Å². The van der Waals surface area contributed by atoms with Gasteiger partial charge in [-0.2, -0.15) is 5.26 Å². The minimum absolute atomic E-state index is 0.127. The Labute approximate surface area is 80.4 Å². The van der Waals surface area contributed by atoms with Gasteiger partial charge in [0.05, 0.1) is 22.7 Å². The lowest BCUT2D eigenvalue weighted by molar-refractivity contribution is 0.753. The second kappa shape index (κ2) is 3.04. The van der Waals surface area contributed by atoms with Crippen LogP contribution in [0.3, 0.4) is 0 Å². The van der Waals surface area contributed by atoms with Crippen LogP contribution in [0.15, 0.2) is 23.0 Å². The van der Waals surface area contributed by atoms with Crippen molar-refractivity contribution in [3.05, 3.63) is 34.2 Å². The number of nitrogens with zero attached hydrogens (tertiary/aromatic N) is 2. The molecule has 0 aliphatic heterocycles. The fraction of sp³-hybridized carbons (Fsp3) is 0.200. The van der Waals surface area contributed by atoms with Crippen LogP contribution in [0, 0.1) is 11.3 Å². The third kappa shape index (κ3) is 1.11. The maximum absolute atomic E-state index is 11.4. The first-order valence-electron chi connectivity index (χ1n) is 4.39. The molecule has 0 atom stereocenters. The summed E-state index contributed by atoms with van der Waals surface area (Å²) in [6.45, 7) is 2.54. The molecule has 0 unspecified atom stereocenters. The number of imidazole rings is 1. The SMILES string of the molecule is CCn1c(=O)[nH]c2cc(C#N)ccc21. The topological polar surface area (TPSA) is 61.6 Å². The van der Waals surface area contributed by atoms with Gasteiger partial charge in [-0.15, -0.1) is 0 Å². The number of fused-ring (bicyclic) bond motifs is 1. The highest BCUT2D eigenvalue weighted by Gasteiger charge is 2.04. The number of nitrogens with one attached hydrogen (secondary N) is 1. The first-order valence-corrected chi connectivity index (χ1v) is 4.39. The van der Waals surface area contributed by atoms with Gasteiger partial charge in [0.2, 0.25) is 0 Å². The molecule has 2 aromatic rings. The summed E-state index contributed by atoms with van der Waals surface area (Å²) in [5.74, 6) is 0. The number of nitriles is 1. The third-order valence-corrected chi connectivity index (χ3v) is 2.22. The molecule has 0 bridgehead atoms. The molecule has 4 heteroatoms. The average molecular weight is 187 g/mol. The maximum atomic E-state index is 11.4. The lowest BCUT2D eigenvalue weighted by Crippen LogP contribution is -2.14. The van der Waals surface area contributed by atoms with E-state index in [0.717, 1.165) is 11.0 Å². The van der Waals surface area contributed by atoms with Crippen molar-refractivity contribution in [2.75, 3.05) is 0 Å². The van der Waals surface area contributed by atoms with Gasteiger partial charge in [0.1, 0.15) is 0 Å². The van der Waals surface area contributed by atoms with Gasteiger partial charge < -0.3 is 4.98 Å². The summed E-state index contributed by atoms with van der Waals surface area (Å²) < 4.78 is 1.64. The van der Waals surface area contributed by atoms with E-state index in [-0.39, 0.29) is 5.69 Å². The van der Waals surface area contributed by atoms with E-state index in [0.29, 0.717) is 12.1 Å². The summed E-state index contributed by atoms with van der Waals surface area (Å²) in [5.41, 5.74) is 1.99. The van der Waals surface area contributed by atoms with E-state index in [1.165, 1.54) is 0 Å². The van der Waals surface area contributed by atoms with Crippen LogP contribution in [0.1, 0.15) is 12.5 Å². The molecule has 0 saturated heterocycles. The number of benzene rings is 1. The van der Waals surface area contributed by atoms with Gasteiger partial charge in [0.15, 0.2) is 0 Å². The molecule has 0 saturated carbocycles. The van der Waals surface area contributed by atoms with Crippen molar-refractivity contribution >= 4 is 11.0 Å². The van der Waals surface area contributed by atoms with Crippen LogP contribution < -0.4 is 5.69 Å². The first kappa shape index (κ1) is 8.57. The Hall–Kier alpha value is -2.02. The molecule has 0 aliphatic rings. The zero-order valence-corrected chi connectivity index (χ0v) is 7.74. The van der Waals surface area contributed by atoms with Gasteiger partial charge in [-0.05, 0) is 25.1 Å². The van der Waals surface area contributed by atoms with Crippen molar-refractivity contribution in [3.8, 4) is 6.07 Å². The van der Waals surface area contributed by atoms with Crippen LogP contribution in [0.4, 0.5) is 0 Å². The Balaban J connectivity index is 2.83. The smallest absolute Gasteiger partial charge is 0.305 e. The Bertz CT molecular complexity index is 571. The van der Waals surface area contributed by atoms with E-state index >= 15 is 0 Å². The van der Waals surface area contributed by atoms with Crippen LogP contribution in [-0.4, -0.2) is 9.55 Å². The van der Waals surface area contributed by atoms with Crippen molar-refractivity contribution in [3.63, 3.8) is 0 Å². The second-order valence-corrected chi connectivity index (χ2v) is 3.02. The van der Waals surface area contributed by atoms with Crippen molar-refractivity contribution in [1.82, 2.24) is 9.55 Å². The van der Waals surface area contributed by atoms with Crippen LogP contribution in [0.5, 0.6) is 0 Å². The van der Waals surface area contributed by atoms with Gasteiger partial charge in [0.25, 0.3) is 0 Å². The summed E-state index contributed by atoms with van der Waals surface area (Å²) >= 11 is 0. The molecule has 0 amide bonds. The monoisotopic (exact) mass is 187 g/mol. The molecule has 0 radical (unpaired) electrons. The lowest BCUT2D eigenvalue weighted by Gasteiger charge is -1.96. The van der Waals surface area contributed by atoms with Gasteiger partial charge in [0, 0.05) is 6.54 Å². The molecule has 2 rings (SSSR count). The van der Waals surface area contributed by atoms with Gasteiger partial charge in [-0.3, -0.25) is 4.57 Å². The molecule has 0 fully saturated rings. The number of hydrogen-bond acceptors (Lipinski definition) is 2. The van der Waals surface area contributed by atoms with Crippen LogP contribution in [-0.2, 0) is 6.54 Å². The largest absolute Gasteiger partial charge is 0.326 e. The Morgan fingerprint density at radius 2 is 2.36 bits per heavy atom. The standard InChI is InChI=1S/C10H9N3O/c1-2-13-9-4-3-7(6-11)5-8(9)12-10(13)14/h3-5H,2H2,1H3,(H,12,14). The third-order valence-electron chi connectivity index (χ3n) is 2.22. The van der Waals surface area contributed by atoms with E-state index in [4.69, 9.17) is 5.26 Å². The zero-order chi connectivity index (χ0) is 10.1. The highest BCUT2D eigenvalue weighted by Crippen LogP contribution is 2.11. The fourth-order valence-corrected chi connectivity index (χ4v) is 1.55. The minimum Gasteiger partial charge on any atom is -0.305 e. The molecular weight excluding hydrogens is 178 g/mol. The number of aryl methyl sites for hydroxylation is 1.